The van der Waals surface area contributed by atoms with Gasteiger partial charge in [-0.05, 0) is 43.0 Å². The van der Waals surface area contributed by atoms with E-state index in [1.165, 1.54) is 19.2 Å². The van der Waals surface area contributed by atoms with E-state index in [0.717, 1.165) is 6.42 Å². The minimum Gasteiger partial charge on any atom is -0.360 e. The van der Waals surface area contributed by atoms with E-state index in [1.807, 2.05) is 0 Å². The van der Waals surface area contributed by atoms with E-state index in [4.69, 9.17) is 5.41 Å². The molecule has 4 N–H and O–H groups in total. The van der Waals surface area contributed by atoms with Gasteiger partial charge in [-0.1, -0.05) is 18.2 Å². The minimum absolute atomic E-state index is 0.0343. The van der Waals surface area contributed by atoms with Gasteiger partial charge in [0.25, 0.3) is 5.71 Å². The van der Waals surface area contributed by atoms with Gasteiger partial charge in [0.15, 0.2) is 0 Å². The summed E-state index contributed by atoms with van der Waals surface area (Å²) in [6.07, 6.45) is 3.53. The summed E-state index contributed by atoms with van der Waals surface area (Å²) >= 11 is 0. The van der Waals surface area contributed by atoms with Crippen molar-refractivity contribution < 1.29 is 24.2 Å². The molecule has 2 aromatic rings. The molecule has 0 radical (unpaired) electrons. The first-order valence-corrected chi connectivity index (χ1v) is 11.0. The Hall–Kier alpha value is -3.62. The number of hydrogen-bond acceptors (Lipinski definition) is 5. The fourth-order valence-corrected chi connectivity index (χ4v) is 4.30. The van der Waals surface area contributed by atoms with Gasteiger partial charge in [0.1, 0.15) is 17.7 Å². The van der Waals surface area contributed by atoms with Crippen molar-refractivity contribution >= 4 is 29.1 Å². The molecule has 172 valence electrons. The third-order valence-corrected chi connectivity index (χ3v) is 6.18. The van der Waals surface area contributed by atoms with Gasteiger partial charge >= 0.3 is 0 Å². The number of ketones is 1. The van der Waals surface area contributed by atoms with E-state index in [9.17, 15) is 18.8 Å². The van der Waals surface area contributed by atoms with Gasteiger partial charge in [-0.3, -0.25) is 19.8 Å². The Labute approximate surface area is 191 Å². The van der Waals surface area contributed by atoms with E-state index < -0.39 is 6.04 Å². The fourth-order valence-electron chi connectivity index (χ4n) is 4.30. The molecule has 8 nitrogen and oxygen atoms in total. The second-order valence-corrected chi connectivity index (χ2v) is 8.45. The lowest BCUT2D eigenvalue weighted by molar-refractivity contribution is -0.137. The van der Waals surface area contributed by atoms with Crippen LogP contribution in [0.25, 0.3) is 0 Å². The Morgan fingerprint density at radius 2 is 2.00 bits per heavy atom. The number of nitrogens with two attached hydrogens (primary N) is 1. The van der Waals surface area contributed by atoms with E-state index in [2.05, 4.69) is 15.6 Å². The molecular formula is C24H27FN5O3+. The van der Waals surface area contributed by atoms with Crippen LogP contribution in [0.4, 0.5) is 10.2 Å². The quantitative estimate of drug-likeness (QED) is 0.503. The maximum Gasteiger partial charge on any atom is 0.250 e. The molecular weight excluding hydrogens is 425 g/mol. The molecule has 4 rings (SSSR count). The number of rotatable bonds is 8. The van der Waals surface area contributed by atoms with Crippen molar-refractivity contribution in [1.82, 2.24) is 15.2 Å². The number of amides is 2. The Morgan fingerprint density at radius 3 is 2.76 bits per heavy atom. The van der Waals surface area contributed by atoms with E-state index in [-0.39, 0.29) is 47.6 Å². The molecule has 0 spiro atoms. The van der Waals surface area contributed by atoms with E-state index in [1.54, 1.807) is 35.2 Å². The van der Waals surface area contributed by atoms with Crippen LogP contribution in [0, 0.1) is 5.82 Å². The number of benzene rings is 1. The zero-order chi connectivity index (χ0) is 23.5. The number of carbonyl (C=O) groups excluding carboxylic acids is 3. The maximum absolute atomic E-state index is 14.0. The monoisotopic (exact) mass is 452 g/mol. The van der Waals surface area contributed by atoms with Crippen LogP contribution in [-0.2, 0) is 14.4 Å². The molecule has 9 heteroatoms. The SMILES string of the molecule is CC(=O)C(=[NH2+])c1cccnc1NCC(=O)N1CCC[C@H]1C(=O)N[C@H]1C[C@@H]1c1ccccc1F. The van der Waals surface area contributed by atoms with Crippen molar-refractivity contribution in [2.24, 2.45) is 0 Å². The summed E-state index contributed by atoms with van der Waals surface area (Å²) in [6, 6.07) is 9.23. The number of Topliss-reactive ketones (excluding diaryl/α,β-unsaturated/α-hetero) is 1. The highest BCUT2D eigenvalue weighted by Gasteiger charge is 2.43. The molecule has 2 aliphatic rings. The van der Waals surface area contributed by atoms with Gasteiger partial charge in [0, 0.05) is 31.6 Å². The van der Waals surface area contributed by atoms with E-state index >= 15 is 0 Å². The highest BCUT2D eigenvalue weighted by atomic mass is 19.1. The molecule has 1 saturated heterocycles. The van der Waals surface area contributed by atoms with Gasteiger partial charge in [0.2, 0.25) is 17.6 Å². The van der Waals surface area contributed by atoms with Crippen LogP contribution < -0.4 is 16.0 Å². The summed E-state index contributed by atoms with van der Waals surface area (Å²) in [5.74, 6) is -0.705. The number of carbonyl (C=O) groups is 3. The standard InChI is InChI=1S/C24H26FN5O3/c1-14(31)22(26)16-7-4-10-27-23(16)28-13-21(32)30-11-5-9-20(30)24(33)29-19-12-17(19)15-6-2-3-8-18(15)25/h2-4,6-8,10,17,19-20,26H,5,9,11-13H2,1H3,(H,27,28)(H,29,33)/p+1/t17-,19+,20+/m1/s1. The van der Waals surface area contributed by atoms with Gasteiger partial charge in [-0.25, -0.2) is 9.37 Å². The van der Waals surface area contributed by atoms with Crippen molar-refractivity contribution in [3.05, 3.63) is 59.5 Å². The molecule has 1 aromatic heterocycles. The van der Waals surface area contributed by atoms with Crippen LogP contribution in [-0.4, -0.2) is 58.4 Å². The number of hydrogen-bond donors (Lipinski definition) is 3. The molecule has 2 amide bonds. The number of aromatic nitrogens is 1. The molecule has 0 unspecified atom stereocenters. The first-order valence-electron chi connectivity index (χ1n) is 11.0. The Bertz CT molecular complexity index is 1110. The first kappa shape index (κ1) is 22.6. The zero-order valence-corrected chi connectivity index (χ0v) is 18.4. The molecule has 1 aliphatic heterocycles. The van der Waals surface area contributed by atoms with Crippen molar-refractivity contribution in [3.63, 3.8) is 0 Å². The number of likely N-dealkylation sites (tertiary alicyclic amines) is 1. The second kappa shape index (κ2) is 9.48. The summed E-state index contributed by atoms with van der Waals surface area (Å²) < 4.78 is 14.0. The number of pyridine rings is 1. The first-order chi connectivity index (χ1) is 15.9. The van der Waals surface area contributed by atoms with E-state index in [0.29, 0.717) is 36.3 Å². The van der Waals surface area contributed by atoms with Crippen molar-refractivity contribution in [3.8, 4) is 0 Å². The molecule has 3 atom stereocenters. The summed E-state index contributed by atoms with van der Waals surface area (Å²) in [6.45, 7) is 1.76. The lowest BCUT2D eigenvalue weighted by Crippen LogP contribution is -2.48. The molecule has 1 aliphatic carbocycles. The smallest absolute Gasteiger partial charge is 0.250 e. The lowest BCUT2D eigenvalue weighted by atomic mass is 10.1. The highest BCUT2D eigenvalue weighted by molar-refractivity contribution is 6.43. The fraction of sp³-hybridized carbons (Fsp3) is 0.375. The molecule has 0 bridgehead atoms. The van der Waals surface area contributed by atoms with Crippen molar-refractivity contribution in [2.75, 3.05) is 18.4 Å². The van der Waals surface area contributed by atoms with Gasteiger partial charge in [0.05, 0.1) is 12.1 Å². The Morgan fingerprint density at radius 1 is 1.21 bits per heavy atom. The van der Waals surface area contributed by atoms with Crippen molar-refractivity contribution in [1.29, 1.82) is 0 Å². The third kappa shape index (κ3) is 4.92. The summed E-state index contributed by atoms with van der Waals surface area (Å²) in [5.41, 5.74) is 1.10. The summed E-state index contributed by atoms with van der Waals surface area (Å²) in [4.78, 5) is 43.1. The van der Waals surface area contributed by atoms with Crippen LogP contribution in [0.5, 0.6) is 0 Å². The zero-order valence-electron chi connectivity index (χ0n) is 18.4. The number of anilines is 1. The Balaban J connectivity index is 1.35. The highest BCUT2D eigenvalue weighted by Crippen LogP contribution is 2.42. The molecule has 33 heavy (non-hydrogen) atoms. The van der Waals surface area contributed by atoms with Crippen LogP contribution in [0.15, 0.2) is 42.6 Å². The van der Waals surface area contributed by atoms with Gasteiger partial charge < -0.3 is 15.5 Å². The minimum atomic E-state index is -0.557. The second-order valence-electron chi connectivity index (χ2n) is 8.45. The summed E-state index contributed by atoms with van der Waals surface area (Å²) in [5, 5.41) is 11.8. The van der Waals surface area contributed by atoms with Gasteiger partial charge in [-0.2, -0.15) is 0 Å². The average Bonchev–Trinajstić information content (AvgIpc) is 3.37. The lowest BCUT2D eigenvalue weighted by Gasteiger charge is -2.24. The number of halogens is 1. The normalized spacial score (nSPS) is 21.4. The van der Waals surface area contributed by atoms with Crippen LogP contribution in [0.3, 0.4) is 0 Å². The van der Waals surface area contributed by atoms with Crippen LogP contribution in [0.1, 0.15) is 43.2 Å². The molecule has 2 heterocycles. The predicted molar refractivity (Wildman–Crippen MR) is 120 cm³/mol. The molecule has 1 saturated carbocycles. The topological polar surface area (TPSA) is 117 Å². The third-order valence-electron chi connectivity index (χ3n) is 6.18. The number of nitrogens with one attached hydrogen (secondary N) is 2. The molecule has 1 aromatic carbocycles. The van der Waals surface area contributed by atoms with Crippen LogP contribution >= 0.6 is 0 Å². The number of nitrogens with zero attached hydrogens (tertiary/aromatic N) is 2. The summed E-state index contributed by atoms with van der Waals surface area (Å²) in [7, 11) is 0. The largest absolute Gasteiger partial charge is 0.360 e. The van der Waals surface area contributed by atoms with Gasteiger partial charge in [-0.15, -0.1) is 0 Å². The van der Waals surface area contributed by atoms with Crippen LogP contribution in [0.2, 0.25) is 0 Å². The maximum atomic E-state index is 14.0. The predicted octanol–water partition coefficient (Wildman–Crippen LogP) is 0.433. The Kier molecular flexibility index (Phi) is 6.48. The average molecular weight is 453 g/mol. The van der Waals surface area contributed by atoms with Crippen molar-refractivity contribution in [2.45, 2.75) is 44.2 Å². The molecule has 2 fully saturated rings.